The summed E-state index contributed by atoms with van der Waals surface area (Å²) in [5.74, 6) is 0. The Hall–Kier alpha value is -0.900. The summed E-state index contributed by atoms with van der Waals surface area (Å²) in [5.41, 5.74) is 3.61. The average Bonchev–Trinajstić information content (AvgIpc) is 2.88. The Balaban J connectivity index is 2.01. The molecule has 0 spiro atoms. The smallest absolute Gasteiger partial charge is 0.0648 e. The lowest BCUT2D eigenvalue weighted by Gasteiger charge is -2.30. The molecule has 1 aliphatic carbocycles. The topological polar surface area (TPSA) is 52.5 Å². The first-order valence-electron chi connectivity index (χ1n) is 6.80. The summed E-state index contributed by atoms with van der Waals surface area (Å²) >= 11 is 0. The van der Waals surface area contributed by atoms with E-state index in [1.807, 2.05) is 6.92 Å². The van der Waals surface area contributed by atoms with Gasteiger partial charge in [0, 0.05) is 6.54 Å². The molecule has 0 amide bonds. The van der Waals surface area contributed by atoms with Gasteiger partial charge in [0.15, 0.2) is 0 Å². The normalized spacial score (nSPS) is 14.8. The van der Waals surface area contributed by atoms with Gasteiger partial charge in [-0.05, 0) is 42.4 Å². The molecule has 3 nitrogen and oxygen atoms in total. The number of aliphatic hydroxyl groups is 2. The first-order chi connectivity index (χ1) is 8.73. The van der Waals surface area contributed by atoms with Crippen LogP contribution < -0.4 is 5.32 Å². The molecular formula is C15H23NO2. The Labute approximate surface area is 109 Å². The maximum absolute atomic E-state index is 9.39. The van der Waals surface area contributed by atoms with Gasteiger partial charge in [0.25, 0.3) is 0 Å². The number of hydrogen-bond donors (Lipinski definition) is 3. The molecule has 0 fully saturated rings. The predicted molar refractivity (Wildman–Crippen MR) is 72.5 cm³/mol. The lowest BCUT2D eigenvalue weighted by molar-refractivity contribution is 0.0864. The quantitative estimate of drug-likeness (QED) is 0.714. The van der Waals surface area contributed by atoms with Gasteiger partial charge in [-0.25, -0.2) is 0 Å². The van der Waals surface area contributed by atoms with Gasteiger partial charge in [-0.15, -0.1) is 0 Å². The van der Waals surface area contributed by atoms with E-state index in [-0.39, 0.29) is 13.2 Å². The summed E-state index contributed by atoms with van der Waals surface area (Å²) < 4.78 is 0. The Kier molecular flexibility index (Phi) is 4.38. The molecule has 0 bridgehead atoms. The van der Waals surface area contributed by atoms with Crippen LogP contribution in [0.25, 0.3) is 0 Å². The maximum atomic E-state index is 9.39. The fraction of sp³-hybridized carbons (Fsp3) is 0.600. The lowest BCUT2D eigenvalue weighted by atomic mass is 9.97. The first kappa shape index (κ1) is 13.5. The average molecular weight is 249 g/mol. The van der Waals surface area contributed by atoms with Crippen molar-refractivity contribution in [2.45, 2.75) is 44.7 Å². The van der Waals surface area contributed by atoms with Crippen molar-refractivity contribution in [1.29, 1.82) is 0 Å². The summed E-state index contributed by atoms with van der Waals surface area (Å²) in [6, 6.07) is 6.61. The minimum Gasteiger partial charge on any atom is -0.394 e. The molecule has 0 atom stereocenters. The minimum atomic E-state index is -0.557. The van der Waals surface area contributed by atoms with Crippen LogP contribution in [0.5, 0.6) is 0 Å². The molecule has 18 heavy (non-hydrogen) atoms. The van der Waals surface area contributed by atoms with E-state index in [1.165, 1.54) is 36.0 Å². The second kappa shape index (κ2) is 5.83. The standard InChI is InChI=1S/C15H23NO2/c1-2-15(10-17,11-18)16-9-12-6-7-13-4-3-5-14(13)8-12/h6-8,16-18H,2-5,9-11H2,1H3. The summed E-state index contributed by atoms with van der Waals surface area (Å²) in [6.07, 6.45) is 4.36. The van der Waals surface area contributed by atoms with E-state index in [4.69, 9.17) is 0 Å². The van der Waals surface area contributed by atoms with Crippen LogP contribution in [0, 0.1) is 0 Å². The Bertz CT molecular complexity index is 391. The van der Waals surface area contributed by atoms with Crippen LogP contribution in [0.1, 0.15) is 36.5 Å². The molecule has 0 saturated carbocycles. The van der Waals surface area contributed by atoms with Crippen LogP contribution in [-0.2, 0) is 19.4 Å². The van der Waals surface area contributed by atoms with Gasteiger partial charge >= 0.3 is 0 Å². The van der Waals surface area contributed by atoms with Crippen LogP contribution in [0.4, 0.5) is 0 Å². The zero-order valence-corrected chi connectivity index (χ0v) is 11.1. The summed E-state index contributed by atoms with van der Waals surface area (Å²) in [4.78, 5) is 0. The molecule has 100 valence electrons. The molecule has 1 aromatic carbocycles. The number of aliphatic hydroxyl groups excluding tert-OH is 2. The molecule has 3 N–H and O–H groups in total. The SMILES string of the molecule is CCC(CO)(CO)NCc1ccc2c(c1)CCC2. The van der Waals surface area contributed by atoms with Crippen molar-refractivity contribution in [3.63, 3.8) is 0 Å². The van der Waals surface area contributed by atoms with Gasteiger partial charge < -0.3 is 15.5 Å². The van der Waals surface area contributed by atoms with Crippen LogP contribution in [-0.4, -0.2) is 29.0 Å². The highest BCUT2D eigenvalue weighted by Crippen LogP contribution is 2.23. The molecule has 0 saturated heterocycles. The van der Waals surface area contributed by atoms with Crippen molar-refractivity contribution in [1.82, 2.24) is 5.32 Å². The molecule has 1 aromatic rings. The van der Waals surface area contributed by atoms with Gasteiger partial charge in [0.1, 0.15) is 0 Å². The number of fused-ring (bicyclic) bond motifs is 1. The van der Waals surface area contributed by atoms with Crippen molar-refractivity contribution >= 4 is 0 Å². The predicted octanol–water partition coefficient (Wildman–Crippen LogP) is 1.40. The van der Waals surface area contributed by atoms with Gasteiger partial charge in [0.05, 0.1) is 18.8 Å². The first-order valence-corrected chi connectivity index (χ1v) is 6.80. The highest BCUT2D eigenvalue weighted by molar-refractivity contribution is 5.35. The number of aryl methyl sites for hydroxylation is 2. The fourth-order valence-electron chi connectivity index (χ4n) is 2.54. The molecule has 0 aliphatic heterocycles. The number of rotatable bonds is 6. The summed E-state index contributed by atoms with van der Waals surface area (Å²) in [6.45, 7) is 2.60. The zero-order valence-electron chi connectivity index (χ0n) is 11.1. The van der Waals surface area contributed by atoms with E-state index in [0.29, 0.717) is 13.0 Å². The van der Waals surface area contributed by atoms with Crippen molar-refractivity contribution in [3.8, 4) is 0 Å². The number of benzene rings is 1. The Morgan fingerprint density at radius 1 is 1.17 bits per heavy atom. The van der Waals surface area contributed by atoms with E-state index >= 15 is 0 Å². The molecule has 2 rings (SSSR count). The summed E-state index contributed by atoms with van der Waals surface area (Å²) in [5, 5.41) is 22.1. The molecule has 0 heterocycles. The van der Waals surface area contributed by atoms with Crippen LogP contribution >= 0.6 is 0 Å². The molecule has 1 aliphatic rings. The Morgan fingerprint density at radius 2 is 1.89 bits per heavy atom. The van der Waals surface area contributed by atoms with Gasteiger partial charge in [-0.2, -0.15) is 0 Å². The lowest BCUT2D eigenvalue weighted by Crippen LogP contribution is -2.50. The molecular weight excluding hydrogens is 226 g/mol. The van der Waals surface area contributed by atoms with E-state index in [0.717, 1.165) is 0 Å². The van der Waals surface area contributed by atoms with Crippen molar-refractivity contribution < 1.29 is 10.2 Å². The number of hydrogen-bond acceptors (Lipinski definition) is 3. The highest BCUT2D eigenvalue weighted by Gasteiger charge is 2.25. The minimum absolute atomic E-state index is 0.0368. The van der Waals surface area contributed by atoms with E-state index in [1.54, 1.807) is 0 Å². The van der Waals surface area contributed by atoms with Crippen molar-refractivity contribution in [2.75, 3.05) is 13.2 Å². The fourth-order valence-corrected chi connectivity index (χ4v) is 2.54. The number of nitrogens with one attached hydrogen (secondary N) is 1. The Morgan fingerprint density at radius 3 is 2.56 bits per heavy atom. The van der Waals surface area contributed by atoms with Crippen LogP contribution in [0.3, 0.4) is 0 Å². The molecule has 0 unspecified atom stereocenters. The second-order valence-electron chi connectivity index (χ2n) is 5.26. The third-order valence-corrected chi connectivity index (χ3v) is 4.11. The second-order valence-corrected chi connectivity index (χ2v) is 5.26. The van der Waals surface area contributed by atoms with Crippen LogP contribution in [0.15, 0.2) is 18.2 Å². The zero-order chi connectivity index (χ0) is 13.0. The third-order valence-electron chi connectivity index (χ3n) is 4.11. The van der Waals surface area contributed by atoms with E-state index in [2.05, 4.69) is 23.5 Å². The van der Waals surface area contributed by atoms with Gasteiger partial charge in [-0.3, -0.25) is 0 Å². The molecule has 0 aromatic heterocycles. The third kappa shape index (κ3) is 2.74. The van der Waals surface area contributed by atoms with Gasteiger partial charge in [-0.1, -0.05) is 25.1 Å². The van der Waals surface area contributed by atoms with E-state index in [9.17, 15) is 10.2 Å². The van der Waals surface area contributed by atoms with Crippen LogP contribution in [0.2, 0.25) is 0 Å². The van der Waals surface area contributed by atoms with E-state index < -0.39 is 5.54 Å². The monoisotopic (exact) mass is 249 g/mol. The largest absolute Gasteiger partial charge is 0.394 e. The molecule has 0 radical (unpaired) electrons. The van der Waals surface area contributed by atoms with Crippen molar-refractivity contribution in [3.05, 3.63) is 34.9 Å². The molecule has 3 heteroatoms. The highest BCUT2D eigenvalue weighted by atomic mass is 16.3. The summed E-state index contributed by atoms with van der Waals surface area (Å²) in [7, 11) is 0. The van der Waals surface area contributed by atoms with Gasteiger partial charge in [0.2, 0.25) is 0 Å². The van der Waals surface area contributed by atoms with Crippen molar-refractivity contribution in [2.24, 2.45) is 0 Å². The maximum Gasteiger partial charge on any atom is 0.0648 e.